The predicted molar refractivity (Wildman–Crippen MR) is 41.4 cm³/mol. The summed E-state index contributed by atoms with van der Waals surface area (Å²) < 4.78 is 0. The second kappa shape index (κ2) is 3.05. The Morgan fingerprint density at radius 1 is 1.56 bits per heavy atom. The third kappa shape index (κ3) is 1.57. The largest absolute Gasteiger partial charge is 0.0850 e. The van der Waals surface area contributed by atoms with Crippen molar-refractivity contribution < 1.29 is 0 Å². The predicted octanol–water partition coefficient (Wildman–Crippen LogP) is 3.14. The van der Waals surface area contributed by atoms with Crippen LogP contribution in [0.15, 0.2) is 11.6 Å². The van der Waals surface area contributed by atoms with E-state index in [1.807, 2.05) is 0 Å². The van der Waals surface area contributed by atoms with E-state index in [9.17, 15) is 0 Å². The number of rotatable bonds is 2. The molecule has 0 aromatic rings. The van der Waals surface area contributed by atoms with Gasteiger partial charge in [0.05, 0.1) is 0 Å². The Morgan fingerprint density at radius 3 is 2.67 bits per heavy atom. The second-order valence-corrected chi connectivity index (χ2v) is 2.93. The summed E-state index contributed by atoms with van der Waals surface area (Å²) in [7, 11) is 0. The van der Waals surface area contributed by atoms with E-state index >= 15 is 0 Å². The Bertz CT molecular complexity index is 111. The third-order valence-corrected chi connectivity index (χ3v) is 2.32. The van der Waals surface area contributed by atoms with E-state index in [1.165, 1.54) is 25.7 Å². The van der Waals surface area contributed by atoms with Crippen molar-refractivity contribution in [3.8, 4) is 0 Å². The molecule has 0 aromatic carbocycles. The molecule has 1 aliphatic rings. The van der Waals surface area contributed by atoms with Gasteiger partial charge in [0, 0.05) is 0 Å². The highest BCUT2D eigenvalue weighted by molar-refractivity contribution is 5.08. The van der Waals surface area contributed by atoms with Gasteiger partial charge >= 0.3 is 0 Å². The van der Waals surface area contributed by atoms with Gasteiger partial charge in [-0.25, -0.2) is 0 Å². The van der Waals surface area contributed by atoms with Gasteiger partial charge < -0.3 is 0 Å². The highest BCUT2D eigenvalue weighted by atomic mass is 14.2. The lowest BCUT2D eigenvalue weighted by Gasteiger charge is -2.03. The molecule has 0 saturated carbocycles. The molecule has 1 atom stereocenters. The summed E-state index contributed by atoms with van der Waals surface area (Å²) in [6, 6.07) is 0. The molecule has 0 nitrogen and oxygen atoms in total. The second-order valence-electron chi connectivity index (χ2n) is 2.93. The minimum atomic E-state index is 0.986. The van der Waals surface area contributed by atoms with E-state index < -0.39 is 0 Å². The fourth-order valence-corrected chi connectivity index (χ4v) is 1.47. The van der Waals surface area contributed by atoms with E-state index in [4.69, 9.17) is 0 Å². The van der Waals surface area contributed by atoms with E-state index in [-0.39, 0.29) is 0 Å². The number of hydrogen-bond donors (Lipinski definition) is 0. The molecular formula is C9H16. The summed E-state index contributed by atoms with van der Waals surface area (Å²) in [5, 5.41) is 0. The molecule has 0 radical (unpaired) electrons. The van der Waals surface area contributed by atoms with Crippen LogP contribution < -0.4 is 0 Å². The van der Waals surface area contributed by atoms with Crippen LogP contribution in [0.25, 0.3) is 0 Å². The molecule has 0 aliphatic heterocycles. The molecule has 0 amide bonds. The van der Waals surface area contributed by atoms with Gasteiger partial charge in [0.1, 0.15) is 0 Å². The van der Waals surface area contributed by atoms with Crippen LogP contribution in [0, 0.1) is 5.92 Å². The van der Waals surface area contributed by atoms with Crippen molar-refractivity contribution in [3.05, 3.63) is 11.6 Å². The minimum Gasteiger partial charge on any atom is -0.0850 e. The van der Waals surface area contributed by atoms with E-state index in [0.717, 1.165) is 5.92 Å². The molecule has 52 valence electrons. The first-order valence-electron chi connectivity index (χ1n) is 4.04. The normalized spacial score (nSPS) is 26.4. The topological polar surface area (TPSA) is 0 Å². The van der Waals surface area contributed by atoms with Gasteiger partial charge in [-0.2, -0.15) is 0 Å². The molecule has 0 bridgehead atoms. The zero-order valence-corrected chi connectivity index (χ0v) is 6.48. The first-order valence-corrected chi connectivity index (χ1v) is 4.04. The molecule has 0 heteroatoms. The average molecular weight is 124 g/mol. The first kappa shape index (κ1) is 6.85. The van der Waals surface area contributed by atoms with Crippen molar-refractivity contribution in [1.29, 1.82) is 0 Å². The summed E-state index contributed by atoms with van der Waals surface area (Å²) in [6.45, 7) is 4.54. The highest BCUT2D eigenvalue weighted by Gasteiger charge is 2.12. The Balaban J connectivity index is 2.31. The van der Waals surface area contributed by atoms with E-state index in [0.29, 0.717) is 0 Å². The summed E-state index contributed by atoms with van der Waals surface area (Å²) in [5.74, 6) is 0.986. The third-order valence-electron chi connectivity index (χ3n) is 2.32. The monoisotopic (exact) mass is 124 g/mol. The standard InChI is InChI=1S/C9H16/c1-3-8-5-6-9(4-2)7-8/h5,9H,3-4,6-7H2,1-2H3. The van der Waals surface area contributed by atoms with Crippen LogP contribution in [-0.2, 0) is 0 Å². The minimum absolute atomic E-state index is 0.986. The molecular weight excluding hydrogens is 108 g/mol. The molecule has 1 aliphatic carbocycles. The Morgan fingerprint density at radius 2 is 2.33 bits per heavy atom. The van der Waals surface area contributed by atoms with Crippen LogP contribution >= 0.6 is 0 Å². The van der Waals surface area contributed by atoms with Crippen LogP contribution in [0.2, 0.25) is 0 Å². The van der Waals surface area contributed by atoms with Gasteiger partial charge in [0.25, 0.3) is 0 Å². The van der Waals surface area contributed by atoms with Gasteiger partial charge in [-0.1, -0.05) is 31.9 Å². The maximum absolute atomic E-state index is 2.42. The Labute approximate surface area is 58.0 Å². The zero-order chi connectivity index (χ0) is 6.69. The molecule has 1 unspecified atom stereocenters. The lowest BCUT2D eigenvalue weighted by atomic mass is 10.0. The molecule has 0 spiro atoms. The SMILES string of the molecule is CCC1=CCC(CC)C1. The summed E-state index contributed by atoms with van der Waals surface area (Å²) in [6.07, 6.45) is 7.79. The summed E-state index contributed by atoms with van der Waals surface area (Å²) in [5.41, 5.74) is 1.68. The fourth-order valence-electron chi connectivity index (χ4n) is 1.47. The van der Waals surface area contributed by atoms with Gasteiger partial charge in [-0.15, -0.1) is 0 Å². The van der Waals surface area contributed by atoms with E-state index in [2.05, 4.69) is 19.9 Å². The molecule has 0 heterocycles. The number of hydrogen-bond acceptors (Lipinski definition) is 0. The summed E-state index contributed by atoms with van der Waals surface area (Å²) >= 11 is 0. The van der Waals surface area contributed by atoms with Crippen molar-refractivity contribution in [2.45, 2.75) is 39.5 Å². The molecule has 0 saturated heterocycles. The van der Waals surface area contributed by atoms with Crippen molar-refractivity contribution >= 4 is 0 Å². The van der Waals surface area contributed by atoms with Crippen molar-refractivity contribution in [3.63, 3.8) is 0 Å². The maximum atomic E-state index is 2.42. The fraction of sp³-hybridized carbons (Fsp3) is 0.778. The van der Waals surface area contributed by atoms with Crippen molar-refractivity contribution in [2.24, 2.45) is 5.92 Å². The van der Waals surface area contributed by atoms with Crippen LogP contribution in [0.4, 0.5) is 0 Å². The number of allylic oxidation sites excluding steroid dienone is 2. The molecule has 0 fully saturated rings. The Hall–Kier alpha value is -0.260. The van der Waals surface area contributed by atoms with Crippen molar-refractivity contribution in [2.75, 3.05) is 0 Å². The Kier molecular flexibility index (Phi) is 2.32. The molecule has 1 rings (SSSR count). The van der Waals surface area contributed by atoms with Crippen LogP contribution in [0.3, 0.4) is 0 Å². The zero-order valence-electron chi connectivity index (χ0n) is 6.48. The molecule has 0 aromatic heterocycles. The molecule has 0 N–H and O–H groups in total. The lowest BCUT2D eigenvalue weighted by molar-refractivity contribution is 0.540. The van der Waals surface area contributed by atoms with Crippen LogP contribution in [0.1, 0.15) is 39.5 Å². The van der Waals surface area contributed by atoms with Gasteiger partial charge in [-0.3, -0.25) is 0 Å². The quantitative estimate of drug-likeness (QED) is 0.496. The van der Waals surface area contributed by atoms with Crippen LogP contribution in [0.5, 0.6) is 0 Å². The first-order chi connectivity index (χ1) is 4.36. The van der Waals surface area contributed by atoms with E-state index in [1.54, 1.807) is 5.57 Å². The molecule has 9 heavy (non-hydrogen) atoms. The highest BCUT2D eigenvalue weighted by Crippen LogP contribution is 2.28. The smallest absolute Gasteiger partial charge is 0.0289 e. The maximum Gasteiger partial charge on any atom is -0.0289 e. The van der Waals surface area contributed by atoms with Gasteiger partial charge in [-0.05, 0) is 25.2 Å². The average Bonchev–Trinajstić information content (AvgIpc) is 2.34. The van der Waals surface area contributed by atoms with Gasteiger partial charge in [0.15, 0.2) is 0 Å². The summed E-state index contributed by atoms with van der Waals surface area (Å²) in [4.78, 5) is 0. The van der Waals surface area contributed by atoms with Crippen LogP contribution in [-0.4, -0.2) is 0 Å². The van der Waals surface area contributed by atoms with Crippen molar-refractivity contribution in [1.82, 2.24) is 0 Å². The van der Waals surface area contributed by atoms with Gasteiger partial charge in [0.2, 0.25) is 0 Å². The lowest BCUT2D eigenvalue weighted by Crippen LogP contribution is -1.90.